The lowest BCUT2D eigenvalue weighted by Gasteiger charge is -2.07. The van der Waals surface area contributed by atoms with Gasteiger partial charge in [-0.25, -0.2) is 4.68 Å². The van der Waals surface area contributed by atoms with Crippen LogP contribution < -0.4 is 5.32 Å². The van der Waals surface area contributed by atoms with E-state index in [9.17, 15) is 4.79 Å². The molecule has 2 N–H and O–H groups in total. The molecule has 0 fully saturated rings. The summed E-state index contributed by atoms with van der Waals surface area (Å²) < 4.78 is 1.94. The summed E-state index contributed by atoms with van der Waals surface area (Å²) in [5.74, 6) is 0.0902. The molecule has 0 bridgehead atoms. The molecule has 0 aliphatic carbocycles. The van der Waals surface area contributed by atoms with Gasteiger partial charge in [-0.3, -0.25) is 4.79 Å². The Morgan fingerprint density at radius 1 is 1.07 bits per heavy atom. The highest BCUT2D eigenvalue weighted by Crippen LogP contribution is 2.18. The molecule has 5 heteroatoms. The quantitative estimate of drug-likeness (QED) is 0.498. The summed E-state index contributed by atoms with van der Waals surface area (Å²) in [6, 6.07) is 18.6. The van der Waals surface area contributed by atoms with E-state index in [1.54, 1.807) is 0 Å². The number of H-pyrrole nitrogens is 1. The average Bonchev–Trinajstić information content (AvgIpc) is 3.29. The van der Waals surface area contributed by atoms with Crippen LogP contribution in [0.2, 0.25) is 0 Å². The van der Waals surface area contributed by atoms with Crippen LogP contribution in [0.25, 0.3) is 16.6 Å². The lowest BCUT2D eigenvalue weighted by Crippen LogP contribution is -2.25. The van der Waals surface area contributed by atoms with E-state index in [0.29, 0.717) is 13.0 Å². The first-order valence-electron chi connectivity index (χ1n) is 10.0. The van der Waals surface area contributed by atoms with Crippen LogP contribution in [-0.2, 0) is 17.6 Å². The highest BCUT2D eigenvalue weighted by atomic mass is 16.1. The van der Waals surface area contributed by atoms with Gasteiger partial charge in [0.05, 0.1) is 11.4 Å². The Morgan fingerprint density at radius 3 is 2.62 bits per heavy atom. The molecule has 0 atom stereocenters. The van der Waals surface area contributed by atoms with Gasteiger partial charge >= 0.3 is 0 Å². The Morgan fingerprint density at radius 2 is 1.86 bits per heavy atom. The van der Waals surface area contributed by atoms with Crippen molar-refractivity contribution in [3.05, 3.63) is 83.3 Å². The molecule has 0 aliphatic heterocycles. The first-order chi connectivity index (χ1) is 14.1. The van der Waals surface area contributed by atoms with Gasteiger partial charge in [-0.1, -0.05) is 30.3 Å². The highest BCUT2D eigenvalue weighted by Gasteiger charge is 2.07. The van der Waals surface area contributed by atoms with Crippen molar-refractivity contribution in [2.45, 2.75) is 33.1 Å². The number of aromatic nitrogens is 3. The Labute approximate surface area is 170 Å². The summed E-state index contributed by atoms with van der Waals surface area (Å²) in [5.41, 5.74) is 6.70. The van der Waals surface area contributed by atoms with Crippen LogP contribution in [0.1, 0.15) is 28.9 Å². The Bertz CT molecular complexity index is 1120. The lowest BCUT2D eigenvalue weighted by molar-refractivity contribution is -0.121. The van der Waals surface area contributed by atoms with Gasteiger partial charge in [-0.15, -0.1) is 0 Å². The number of carbonyl (C=O) groups is 1. The number of benzene rings is 2. The van der Waals surface area contributed by atoms with Crippen LogP contribution in [0.5, 0.6) is 0 Å². The van der Waals surface area contributed by atoms with Crippen LogP contribution >= 0.6 is 0 Å². The minimum atomic E-state index is 0.0902. The lowest BCUT2D eigenvalue weighted by atomic mass is 10.1. The maximum absolute atomic E-state index is 12.2. The van der Waals surface area contributed by atoms with E-state index < -0.39 is 0 Å². The third kappa shape index (κ3) is 4.40. The first kappa shape index (κ1) is 19.0. The predicted molar refractivity (Wildman–Crippen MR) is 116 cm³/mol. The average molecular weight is 386 g/mol. The summed E-state index contributed by atoms with van der Waals surface area (Å²) in [7, 11) is 0. The van der Waals surface area contributed by atoms with E-state index in [4.69, 9.17) is 0 Å². The van der Waals surface area contributed by atoms with Crippen molar-refractivity contribution in [2.75, 3.05) is 6.54 Å². The van der Waals surface area contributed by atoms with Gasteiger partial charge in [0.25, 0.3) is 0 Å². The van der Waals surface area contributed by atoms with Gasteiger partial charge < -0.3 is 10.3 Å². The van der Waals surface area contributed by atoms with Gasteiger partial charge in [0, 0.05) is 35.8 Å². The maximum Gasteiger partial charge on any atom is 0.220 e. The number of aryl methyl sites for hydroxylation is 3. The van der Waals surface area contributed by atoms with E-state index >= 15 is 0 Å². The minimum Gasteiger partial charge on any atom is -0.361 e. The standard InChI is InChI=1S/C24H26N4O/c1-17-15-18(2)28(27-17)21-10-7-19(8-11-21)9-12-24(29)25-14-13-20-16-26-23-6-4-3-5-22(20)23/h3-8,10-11,15-16,26H,9,12-14H2,1-2H3,(H,25,29). The Balaban J connectivity index is 1.26. The molecule has 0 spiro atoms. The number of para-hydroxylation sites is 1. The zero-order valence-electron chi connectivity index (χ0n) is 16.9. The molecule has 5 nitrogen and oxygen atoms in total. The topological polar surface area (TPSA) is 62.7 Å². The number of hydrogen-bond donors (Lipinski definition) is 2. The van der Waals surface area contributed by atoms with Crippen molar-refractivity contribution in [3.63, 3.8) is 0 Å². The van der Waals surface area contributed by atoms with Gasteiger partial charge in [0.1, 0.15) is 0 Å². The summed E-state index contributed by atoms with van der Waals surface area (Å²) >= 11 is 0. The number of rotatable bonds is 7. The summed E-state index contributed by atoms with van der Waals surface area (Å²) in [6.45, 7) is 4.70. The fourth-order valence-electron chi connectivity index (χ4n) is 3.72. The molecule has 2 aromatic carbocycles. The number of amides is 1. The second-order valence-electron chi connectivity index (χ2n) is 7.46. The van der Waals surface area contributed by atoms with Crippen LogP contribution in [-0.4, -0.2) is 27.2 Å². The number of aromatic amines is 1. The zero-order chi connectivity index (χ0) is 20.2. The molecule has 0 aliphatic rings. The Hall–Kier alpha value is -3.34. The van der Waals surface area contributed by atoms with Gasteiger partial charge in [0.15, 0.2) is 0 Å². The second-order valence-corrected chi connectivity index (χ2v) is 7.46. The molecule has 29 heavy (non-hydrogen) atoms. The second kappa shape index (κ2) is 8.35. The van der Waals surface area contributed by atoms with Gasteiger partial charge in [0.2, 0.25) is 5.91 Å². The van der Waals surface area contributed by atoms with Crippen molar-refractivity contribution >= 4 is 16.8 Å². The van der Waals surface area contributed by atoms with Crippen LogP contribution in [0.4, 0.5) is 0 Å². The molecular formula is C24H26N4O. The van der Waals surface area contributed by atoms with E-state index in [2.05, 4.69) is 64.8 Å². The molecule has 0 radical (unpaired) electrons. The number of nitrogens with one attached hydrogen (secondary N) is 2. The summed E-state index contributed by atoms with van der Waals surface area (Å²) in [5, 5.41) is 8.77. The van der Waals surface area contributed by atoms with Gasteiger partial charge in [-0.2, -0.15) is 5.10 Å². The smallest absolute Gasteiger partial charge is 0.220 e. The number of hydrogen-bond acceptors (Lipinski definition) is 2. The number of fused-ring (bicyclic) bond motifs is 1. The summed E-state index contributed by atoms with van der Waals surface area (Å²) in [4.78, 5) is 15.5. The largest absolute Gasteiger partial charge is 0.361 e. The van der Waals surface area contributed by atoms with Crippen molar-refractivity contribution in [2.24, 2.45) is 0 Å². The molecule has 4 rings (SSSR count). The first-order valence-corrected chi connectivity index (χ1v) is 10.0. The fourth-order valence-corrected chi connectivity index (χ4v) is 3.72. The van der Waals surface area contributed by atoms with E-state index in [1.165, 1.54) is 10.9 Å². The van der Waals surface area contributed by atoms with Crippen molar-refractivity contribution in [3.8, 4) is 5.69 Å². The molecule has 4 aromatic rings. The van der Waals surface area contributed by atoms with Crippen LogP contribution in [0.3, 0.4) is 0 Å². The molecule has 0 unspecified atom stereocenters. The monoisotopic (exact) mass is 386 g/mol. The molecule has 0 saturated carbocycles. The van der Waals surface area contributed by atoms with Crippen LogP contribution in [0.15, 0.2) is 60.8 Å². The summed E-state index contributed by atoms with van der Waals surface area (Å²) in [6.07, 6.45) is 4.08. The van der Waals surface area contributed by atoms with E-state index in [0.717, 1.165) is 41.0 Å². The van der Waals surface area contributed by atoms with Crippen molar-refractivity contribution < 1.29 is 4.79 Å². The molecule has 1 amide bonds. The van der Waals surface area contributed by atoms with Crippen molar-refractivity contribution in [1.29, 1.82) is 0 Å². The van der Waals surface area contributed by atoms with E-state index in [1.807, 2.05) is 29.9 Å². The zero-order valence-corrected chi connectivity index (χ0v) is 16.9. The SMILES string of the molecule is Cc1cc(C)n(-c2ccc(CCC(=O)NCCc3c[nH]c4ccccc34)cc2)n1. The molecular weight excluding hydrogens is 360 g/mol. The fraction of sp³-hybridized carbons (Fsp3) is 0.250. The maximum atomic E-state index is 12.2. The molecule has 0 saturated heterocycles. The van der Waals surface area contributed by atoms with Gasteiger partial charge in [-0.05, 0) is 62.1 Å². The normalized spacial score (nSPS) is 11.1. The number of nitrogens with zero attached hydrogens (tertiary/aromatic N) is 2. The molecule has 148 valence electrons. The molecule has 2 heterocycles. The third-order valence-electron chi connectivity index (χ3n) is 5.22. The minimum absolute atomic E-state index is 0.0902. The van der Waals surface area contributed by atoms with Crippen LogP contribution in [0, 0.1) is 13.8 Å². The third-order valence-corrected chi connectivity index (χ3v) is 5.22. The highest BCUT2D eigenvalue weighted by molar-refractivity contribution is 5.83. The predicted octanol–water partition coefficient (Wildman–Crippen LogP) is 4.26. The van der Waals surface area contributed by atoms with Crippen molar-refractivity contribution in [1.82, 2.24) is 20.1 Å². The Kier molecular flexibility index (Phi) is 5.47. The number of carbonyl (C=O) groups excluding carboxylic acids is 1. The molecule has 2 aromatic heterocycles. The van der Waals surface area contributed by atoms with E-state index in [-0.39, 0.29) is 5.91 Å².